The van der Waals surface area contributed by atoms with Crippen LogP contribution in [0.5, 0.6) is 0 Å². The molecule has 1 rings (SSSR count). The fourth-order valence-corrected chi connectivity index (χ4v) is 2.40. The average molecular weight is 278 g/mol. The third-order valence-corrected chi connectivity index (χ3v) is 3.42. The van der Waals surface area contributed by atoms with Crippen LogP contribution in [-0.4, -0.2) is 17.6 Å². The first-order valence-corrected chi connectivity index (χ1v) is 5.88. The van der Waals surface area contributed by atoms with Crippen molar-refractivity contribution in [1.82, 2.24) is 5.32 Å². The van der Waals surface area contributed by atoms with E-state index in [1.807, 2.05) is 12.1 Å². The van der Waals surface area contributed by atoms with Crippen LogP contribution in [0.1, 0.15) is 11.8 Å². The van der Waals surface area contributed by atoms with Gasteiger partial charge < -0.3 is 10.4 Å². The van der Waals surface area contributed by atoms with Gasteiger partial charge in [-0.05, 0) is 28.1 Å². The molecule has 1 heterocycles. The molecule has 0 aliphatic carbocycles. The topological polar surface area (TPSA) is 49.3 Å². The predicted molar refractivity (Wildman–Crippen MR) is 60.5 cm³/mol. The second-order valence-electron chi connectivity index (χ2n) is 3.08. The Kier molecular flexibility index (Phi) is 4.57. The summed E-state index contributed by atoms with van der Waals surface area (Å²) in [4.78, 5) is 11.7. The molecule has 14 heavy (non-hydrogen) atoms. The van der Waals surface area contributed by atoms with Crippen molar-refractivity contribution in [2.24, 2.45) is 5.92 Å². The number of carboxylic acids is 1. The lowest BCUT2D eigenvalue weighted by molar-refractivity contribution is -0.140. The lowest BCUT2D eigenvalue weighted by atomic mass is 10.2. The van der Waals surface area contributed by atoms with Crippen molar-refractivity contribution < 1.29 is 9.90 Å². The third-order valence-electron chi connectivity index (χ3n) is 1.80. The SMILES string of the molecule is C[C@H](CNCc1ccc(Br)s1)C(=O)O. The molecule has 0 bridgehead atoms. The Labute approximate surface area is 95.3 Å². The van der Waals surface area contributed by atoms with Crippen LogP contribution in [0.3, 0.4) is 0 Å². The lowest BCUT2D eigenvalue weighted by Gasteiger charge is -2.06. The van der Waals surface area contributed by atoms with Gasteiger partial charge in [0.05, 0.1) is 9.70 Å². The first-order valence-electron chi connectivity index (χ1n) is 4.27. The number of hydrogen-bond donors (Lipinski definition) is 2. The Hall–Kier alpha value is -0.390. The molecule has 0 saturated heterocycles. The van der Waals surface area contributed by atoms with Crippen molar-refractivity contribution in [1.29, 1.82) is 0 Å². The summed E-state index contributed by atoms with van der Waals surface area (Å²) in [6.45, 7) is 2.93. The summed E-state index contributed by atoms with van der Waals surface area (Å²) in [5.74, 6) is -1.09. The highest BCUT2D eigenvalue weighted by molar-refractivity contribution is 9.11. The Morgan fingerprint density at radius 3 is 2.93 bits per heavy atom. The minimum Gasteiger partial charge on any atom is -0.481 e. The largest absolute Gasteiger partial charge is 0.481 e. The van der Waals surface area contributed by atoms with Crippen molar-refractivity contribution in [2.45, 2.75) is 13.5 Å². The number of rotatable bonds is 5. The Bertz CT molecular complexity index is 314. The van der Waals surface area contributed by atoms with Gasteiger partial charge in [-0.15, -0.1) is 11.3 Å². The Morgan fingerprint density at radius 2 is 2.43 bits per heavy atom. The summed E-state index contributed by atoms with van der Waals surface area (Å²) in [7, 11) is 0. The Morgan fingerprint density at radius 1 is 1.71 bits per heavy atom. The lowest BCUT2D eigenvalue weighted by Crippen LogP contribution is -2.25. The van der Waals surface area contributed by atoms with E-state index in [0.717, 1.165) is 10.3 Å². The maximum atomic E-state index is 10.5. The number of halogens is 1. The maximum Gasteiger partial charge on any atom is 0.307 e. The highest BCUT2D eigenvalue weighted by Crippen LogP contribution is 2.21. The van der Waals surface area contributed by atoms with Crippen molar-refractivity contribution in [2.75, 3.05) is 6.54 Å². The quantitative estimate of drug-likeness (QED) is 0.869. The zero-order chi connectivity index (χ0) is 10.6. The van der Waals surface area contributed by atoms with Crippen molar-refractivity contribution in [3.8, 4) is 0 Å². The fourth-order valence-electron chi connectivity index (χ4n) is 0.946. The van der Waals surface area contributed by atoms with E-state index in [1.54, 1.807) is 18.3 Å². The predicted octanol–water partition coefficient (Wildman–Crippen LogP) is 2.32. The molecular weight excluding hydrogens is 266 g/mol. The molecule has 0 aliphatic heterocycles. The molecular formula is C9H12BrNO2S. The molecule has 1 aromatic heterocycles. The summed E-state index contributed by atoms with van der Waals surface area (Å²) in [6.07, 6.45) is 0. The number of nitrogens with one attached hydrogen (secondary N) is 1. The molecule has 0 unspecified atom stereocenters. The average Bonchev–Trinajstić information content (AvgIpc) is 2.51. The van der Waals surface area contributed by atoms with Crippen LogP contribution < -0.4 is 5.32 Å². The molecule has 0 saturated carbocycles. The number of hydrogen-bond acceptors (Lipinski definition) is 3. The second kappa shape index (κ2) is 5.48. The van der Waals surface area contributed by atoms with Crippen molar-refractivity contribution in [3.05, 3.63) is 20.8 Å². The van der Waals surface area contributed by atoms with E-state index < -0.39 is 5.97 Å². The van der Waals surface area contributed by atoms with Gasteiger partial charge in [0.1, 0.15) is 0 Å². The first-order chi connectivity index (χ1) is 6.59. The molecule has 0 aliphatic rings. The molecule has 0 amide bonds. The molecule has 1 atom stereocenters. The van der Waals surface area contributed by atoms with Crippen LogP contribution in [-0.2, 0) is 11.3 Å². The summed E-state index contributed by atoms with van der Waals surface area (Å²) in [6, 6.07) is 4.01. The van der Waals surface area contributed by atoms with Gasteiger partial charge in [-0.3, -0.25) is 4.79 Å². The Balaban J connectivity index is 2.25. The molecule has 78 valence electrons. The van der Waals surface area contributed by atoms with Gasteiger partial charge in [-0.2, -0.15) is 0 Å². The molecule has 2 N–H and O–H groups in total. The number of carboxylic acid groups (broad SMARTS) is 1. The smallest absolute Gasteiger partial charge is 0.307 e. The summed E-state index contributed by atoms with van der Waals surface area (Å²) in [5.41, 5.74) is 0. The zero-order valence-corrected chi connectivity index (χ0v) is 10.2. The third kappa shape index (κ3) is 3.77. The van der Waals surface area contributed by atoms with E-state index in [4.69, 9.17) is 5.11 Å². The van der Waals surface area contributed by atoms with E-state index in [-0.39, 0.29) is 5.92 Å². The van der Waals surface area contributed by atoms with Crippen LogP contribution >= 0.6 is 27.3 Å². The normalized spacial score (nSPS) is 12.7. The summed E-state index contributed by atoms with van der Waals surface area (Å²) >= 11 is 5.03. The summed E-state index contributed by atoms with van der Waals surface area (Å²) < 4.78 is 1.10. The van der Waals surface area contributed by atoms with E-state index >= 15 is 0 Å². The molecule has 0 radical (unpaired) electrons. The van der Waals surface area contributed by atoms with E-state index in [0.29, 0.717) is 6.54 Å². The van der Waals surface area contributed by atoms with Crippen LogP contribution in [0.2, 0.25) is 0 Å². The number of thiophene rings is 1. The van der Waals surface area contributed by atoms with E-state index in [1.165, 1.54) is 4.88 Å². The minimum absolute atomic E-state index is 0.335. The first kappa shape index (κ1) is 11.7. The molecule has 0 spiro atoms. The standard InChI is InChI=1S/C9H12BrNO2S/c1-6(9(12)13)4-11-5-7-2-3-8(10)14-7/h2-3,6,11H,4-5H2,1H3,(H,12,13)/t6-/m1/s1. The van der Waals surface area contributed by atoms with Crippen LogP contribution in [0.4, 0.5) is 0 Å². The molecule has 3 nitrogen and oxygen atoms in total. The van der Waals surface area contributed by atoms with Gasteiger partial charge >= 0.3 is 5.97 Å². The van der Waals surface area contributed by atoms with Gasteiger partial charge in [0.2, 0.25) is 0 Å². The molecule has 0 fully saturated rings. The van der Waals surface area contributed by atoms with Crippen molar-refractivity contribution in [3.63, 3.8) is 0 Å². The highest BCUT2D eigenvalue weighted by atomic mass is 79.9. The number of aliphatic carboxylic acids is 1. The van der Waals surface area contributed by atoms with Gasteiger partial charge in [0.25, 0.3) is 0 Å². The van der Waals surface area contributed by atoms with Gasteiger partial charge in [0.15, 0.2) is 0 Å². The fraction of sp³-hybridized carbons (Fsp3) is 0.444. The van der Waals surface area contributed by atoms with Crippen molar-refractivity contribution >= 4 is 33.2 Å². The molecule has 0 aromatic carbocycles. The van der Waals surface area contributed by atoms with E-state index in [9.17, 15) is 4.79 Å². The van der Waals surface area contributed by atoms with E-state index in [2.05, 4.69) is 21.2 Å². The van der Waals surface area contributed by atoms with Gasteiger partial charge in [0, 0.05) is 18.0 Å². The van der Waals surface area contributed by atoms with Gasteiger partial charge in [-0.25, -0.2) is 0 Å². The summed E-state index contributed by atoms with van der Waals surface area (Å²) in [5, 5.41) is 11.7. The molecule has 5 heteroatoms. The monoisotopic (exact) mass is 277 g/mol. The van der Waals surface area contributed by atoms with Crippen LogP contribution in [0.25, 0.3) is 0 Å². The minimum atomic E-state index is -0.759. The maximum absolute atomic E-state index is 10.5. The highest BCUT2D eigenvalue weighted by Gasteiger charge is 2.09. The van der Waals surface area contributed by atoms with Gasteiger partial charge in [-0.1, -0.05) is 6.92 Å². The second-order valence-corrected chi connectivity index (χ2v) is 5.62. The zero-order valence-electron chi connectivity index (χ0n) is 7.79. The number of carbonyl (C=O) groups is 1. The molecule has 1 aromatic rings. The van der Waals surface area contributed by atoms with Crippen LogP contribution in [0, 0.1) is 5.92 Å². The van der Waals surface area contributed by atoms with Crippen LogP contribution in [0.15, 0.2) is 15.9 Å².